The first-order valence-corrected chi connectivity index (χ1v) is 7.78. The highest BCUT2D eigenvalue weighted by Gasteiger charge is 2.21. The molecule has 21 heavy (non-hydrogen) atoms. The molecule has 1 N–H and O–H groups in total. The molecule has 1 aliphatic carbocycles. The van der Waals surface area contributed by atoms with Gasteiger partial charge in [0, 0.05) is 29.9 Å². The van der Waals surface area contributed by atoms with Gasteiger partial charge in [-0.1, -0.05) is 24.6 Å². The Labute approximate surface area is 129 Å². The summed E-state index contributed by atoms with van der Waals surface area (Å²) in [6.07, 6.45) is 4.85. The first-order chi connectivity index (χ1) is 10.2. The van der Waals surface area contributed by atoms with Crippen molar-refractivity contribution in [2.24, 2.45) is 0 Å². The second-order valence-electron chi connectivity index (χ2n) is 5.61. The molecule has 1 atom stereocenters. The predicted molar refractivity (Wildman–Crippen MR) is 87.3 cm³/mol. The van der Waals surface area contributed by atoms with Crippen LogP contribution in [-0.2, 0) is 19.4 Å². The summed E-state index contributed by atoms with van der Waals surface area (Å²) in [4.78, 5) is 11.7. The van der Waals surface area contributed by atoms with E-state index < -0.39 is 0 Å². The molecule has 0 bridgehead atoms. The lowest BCUT2D eigenvalue weighted by Gasteiger charge is -2.15. The van der Waals surface area contributed by atoms with E-state index in [1.165, 1.54) is 11.1 Å². The average molecular weight is 303 g/mol. The third-order valence-electron chi connectivity index (χ3n) is 3.92. The number of nitrogens with zero attached hydrogens (tertiary/aromatic N) is 1. The Bertz CT molecular complexity index is 708. The number of anilines is 1. The molecule has 1 aliphatic rings. The Hall–Kier alpha value is -1.74. The van der Waals surface area contributed by atoms with Gasteiger partial charge < -0.3 is 9.88 Å². The molecule has 2 aromatic rings. The number of rotatable bonds is 4. The van der Waals surface area contributed by atoms with Crippen molar-refractivity contribution < 1.29 is 0 Å². The summed E-state index contributed by atoms with van der Waals surface area (Å²) in [6, 6.07) is 9.98. The maximum absolute atomic E-state index is 11.7. The van der Waals surface area contributed by atoms with Gasteiger partial charge in [-0.15, -0.1) is 0 Å². The van der Waals surface area contributed by atoms with Crippen LogP contribution < -0.4 is 10.9 Å². The van der Waals surface area contributed by atoms with Gasteiger partial charge in [0.05, 0.1) is 5.69 Å². The minimum absolute atomic E-state index is 0.0592. The van der Waals surface area contributed by atoms with Gasteiger partial charge in [-0.2, -0.15) is 0 Å². The first kappa shape index (κ1) is 14.2. The molecule has 0 aliphatic heterocycles. The van der Waals surface area contributed by atoms with Gasteiger partial charge in [-0.05, 0) is 48.6 Å². The van der Waals surface area contributed by atoms with E-state index in [4.69, 9.17) is 11.6 Å². The largest absolute Gasteiger partial charge is 0.380 e. The summed E-state index contributed by atoms with van der Waals surface area (Å²) in [6.45, 7) is 2.83. The highest BCUT2D eigenvalue weighted by atomic mass is 35.5. The third kappa shape index (κ3) is 3.13. The number of halogens is 1. The molecule has 1 aromatic carbocycles. The van der Waals surface area contributed by atoms with E-state index in [0.717, 1.165) is 36.5 Å². The molecule has 0 radical (unpaired) electrons. The predicted octanol–water partition coefficient (Wildman–Crippen LogP) is 3.49. The maximum atomic E-state index is 11.7. The van der Waals surface area contributed by atoms with Gasteiger partial charge in [-0.3, -0.25) is 4.79 Å². The monoisotopic (exact) mass is 302 g/mol. The third-order valence-corrected chi connectivity index (χ3v) is 4.15. The lowest BCUT2D eigenvalue weighted by atomic mass is 10.1. The summed E-state index contributed by atoms with van der Waals surface area (Å²) in [5.74, 6) is 0. The van der Waals surface area contributed by atoms with Crippen molar-refractivity contribution in [3.8, 4) is 0 Å². The zero-order chi connectivity index (χ0) is 14.8. The Morgan fingerprint density at radius 1 is 1.24 bits per heavy atom. The average Bonchev–Trinajstić information content (AvgIpc) is 2.84. The molecule has 3 rings (SSSR count). The van der Waals surface area contributed by atoms with Gasteiger partial charge in [0.1, 0.15) is 0 Å². The van der Waals surface area contributed by atoms with Crippen molar-refractivity contribution in [1.82, 2.24) is 4.57 Å². The van der Waals surface area contributed by atoms with Crippen LogP contribution in [0, 0.1) is 0 Å². The van der Waals surface area contributed by atoms with E-state index in [-0.39, 0.29) is 5.56 Å². The molecule has 3 nitrogen and oxygen atoms in total. The van der Waals surface area contributed by atoms with E-state index >= 15 is 0 Å². The van der Waals surface area contributed by atoms with Gasteiger partial charge in [0.2, 0.25) is 0 Å². The minimum Gasteiger partial charge on any atom is -0.380 e. The number of fused-ring (bicyclic) bond motifs is 1. The number of hydrogen-bond acceptors (Lipinski definition) is 2. The van der Waals surface area contributed by atoms with Gasteiger partial charge in [0.15, 0.2) is 0 Å². The zero-order valence-electron chi connectivity index (χ0n) is 12.1. The fourth-order valence-electron chi connectivity index (χ4n) is 2.96. The standard InChI is InChI=1S/C17H19ClN2O/c1-2-7-20-11-15(5-6-17(20)21)19-16-9-12-3-4-14(18)8-13(12)10-16/h3-6,8,11,16,19H,2,7,9-10H2,1H3. The second-order valence-corrected chi connectivity index (χ2v) is 6.05. The second kappa shape index (κ2) is 5.94. The number of nitrogens with one attached hydrogen (secondary N) is 1. The van der Waals surface area contributed by atoms with Crippen LogP contribution in [0.1, 0.15) is 24.5 Å². The summed E-state index contributed by atoms with van der Waals surface area (Å²) in [5, 5.41) is 4.33. The van der Waals surface area contributed by atoms with Crippen LogP contribution in [0.3, 0.4) is 0 Å². The van der Waals surface area contributed by atoms with E-state index in [1.807, 2.05) is 18.3 Å². The number of aryl methyl sites for hydroxylation is 1. The first-order valence-electron chi connectivity index (χ1n) is 7.40. The molecule has 1 aromatic heterocycles. The van der Waals surface area contributed by atoms with Crippen molar-refractivity contribution >= 4 is 17.3 Å². The lowest BCUT2D eigenvalue weighted by Crippen LogP contribution is -2.23. The van der Waals surface area contributed by atoms with Crippen molar-refractivity contribution in [3.63, 3.8) is 0 Å². The minimum atomic E-state index is 0.0592. The Kier molecular flexibility index (Phi) is 4.02. The number of pyridine rings is 1. The van der Waals surface area contributed by atoms with Gasteiger partial charge >= 0.3 is 0 Å². The van der Waals surface area contributed by atoms with E-state index in [2.05, 4.69) is 24.4 Å². The Morgan fingerprint density at radius 2 is 2.05 bits per heavy atom. The van der Waals surface area contributed by atoms with Crippen molar-refractivity contribution in [2.45, 2.75) is 38.8 Å². The van der Waals surface area contributed by atoms with Crippen LogP contribution >= 0.6 is 11.6 Å². The van der Waals surface area contributed by atoms with Crippen LogP contribution in [0.25, 0.3) is 0 Å². The molecular weight excluding hydrogens is 284 g/mol. The molecule has 1 unspecified atom stereocenters. The molecule has 0 fully saturated rings. The van der Waals surface area contributed by atoms with E-state index in [9.17, 15) is 4.79 Å². The quantitative estimate of drug-likeness (QED) is 0.938. The van der Waals surface area contributed by atoms with Crippen LogP contribution in [0.2, 0.25) is 5.02 Å². The molecule has 0 saturated heterocycles. The molecule has 4 heteroatoms. The summed E-state index contributed by atoms with van der Waals surface area (Å²) >= 11 is 6.05. The molecule has 1 heterocycles. The zero-order valence-corrected chi connectivity index (χ0v) is 12.9. The number of hydrogen-bond donors (Lipinski definition) is 1. The topological polar surface area (TPSA) is 34.0 Å². The lowest BCUT2D eigenvalue weighted by molar-refractivity contribution is 0.653. The summed E-state index contributed by atoms with van der Waals surface area (Å²) < 4.78 is 1.77. The summed E-state index contributed by atoms with van der Waals surface area (Å²) in [7, 11) is 0. The van der Waals surface area contributed by atoms with Crippen LogP contribution in [0.15, 0.2) is 41.3 Å². The molecule has 0 amide bonds. The smallest absolute Gasteiger partial charge is 0.250 e. The highest BCUT2D eigenvalue weighted by Crippen LogP contribution is 2.27. The molecule has 0 saturated carbocycles. The van der Waals surface area contributed by atoms with E-state index in [1.54, 1.807) is 10.6 Å². The van der Waals surface area contributed by atoms with Crippen molar-refractivity contribution in [1.29, 1.82) is 0 Å². The van der Waals surface area contributed by atoms with E-state index in [0.29, 0.717) is 6.04 Å². The van der Waals surface area contributed by atoms with Crippen molar-refractivity contribution in [3.05, 3.63) is 63.0 Å². The molecule has 110 valence electrons. The normalized spacial score (nSPS) is 16.8. The number of benzene rings is 1. The fourth-order valence-corrected chi connectivity index (χ4v) is 3.15. The SMILES string of the molecule is CCCn1cc(NC2Cc3ccc(Cl)cc3C2)ccc1=O. The van der Waals surface area contributed by atoms with Gasteiger partial charge in [0.25, 0.3) is 5.56 Å². The Balaban J connectivity index is 1.74. The van der Waals surface area contributed by atoms with Crippen LogP contribution in [0.4, 0.5) is 5.69 Å². The maximum Gasteiger partial charge on any atom is 0.250 e. The Morgan fingerprint density at radius 3 is 2.86 bits per heavy atom. The summed E-state index contributed by atoms with van der Waals surface area (Å²) in [5.41, 5.74) is 3.75. The van der Waals surface area contributed by atoms with Gasteiger partial charge in [-0.25, -0.2) is 0 Å². The molecular formula is C17H19ClN2O. The fraction of sp³-hybridized carbons (Fsp3) is 0.353. The van der Waals surface area contributed by atoms with Crippen molar-refractivity contribution in [2.75, 3.05) is 5.32 Å². The van der Waals surface area contributed by atoms with Crippen LogP contribution in [0.5, 0.6) is 0 Å². The molecule has 0 spiro atoms. The highest BCUT2D eigenvalue weighted by molar-refractivity contribution is 6.30. The van der Waals surface area contributed by atoms with Crippen LogP contribution in [-0.4, -0.2) is 10.6 Å². The number of aromatic nitrogens is 1.